The lowest BCUT2D eigenvalue weighted by atomic mass is 10.2. The molecule has 0 saturated heterocycles. The molecule has 0 aliphatic rings. The van der Waals surface area contributed by atoms with Crippen molar-refractivity contribution in [1.82, 2.24) is 9.91 Å². The van der Waals surface area contributed by atoms with E-state index >= 15 is 0 Å². The van der Waals surface area contributed by atoms with E-state index in [2.05, 4.69) is 5.10 Å². The van der Waals surface area contributed by atoms with Crippen molar-refractivity contribution in [3.05, 3.63) is 0 Å². The van der Waals surface area contributed by atoms with Crippen LogP contribution < -0.4 is 0 Å². The van der Waals surface area contributed by atoms with E-state index in [1.54, 1.807) is 9.91 Å². The summed E-state index contributed by atoms with van der Waals surface area (Å²) in [5.41, 5.74) is 0. The van der Waals surface area contributed by atoms with E-state index in [9.17, 15) is 4.79 Å². The van der Waals surface area contributed by atoms with Crippen LogP contribution in [-0.4, -0.2) is 42.8 Å². The lowest BCUT2D eigenvalue weighted by Crippen LogP contribution is -2.34. The molecule has 0 aliphatic carbocycles. The molecule has 0 bridgehead atoms. The Morgan fingerprint density at radius 3 is 2.23 bits per heavy atom. The summed E-state index contributed by atoms with van der Waals surface area (Å²) in [5, 5.41) is 5.97. The number of hydrogen-bond acceptors (Lipinski definition) is 3. The van der Waals surface area contributed by atoms with E-state index in [1.165, 1.54) is 0 Å². The zero-order valence-corrected chi connectivity index (χ0v) is 9.11. The second kappa shape index (κ2) is 5.56. The van der Waals surface area contributed by atoms with E-state index < -0.39 is 0 Å². The highest BCUT2D eigenvalue weighted by Gasteiger charge is 2.12. The first-order chi connectivity index (χ1) is 6.02. The summed E-state index contributed by atoms with van der Waals surface area (Å²) in [6.07, 6.45) is 0.822. The summed E-state index contributed by atoms with van der Waals surface area (Å²) in [7, 11) is 3.70. The molecule has 0 aromatic carbocycles. The van der Waals surface area contributed by atoms with Gasteiger partial charge in [0.25, 0.3) is 0 Å². The third kappa shape index (κ3) is 3.92. The molecule has 76 valence electrons. The first-order valence-electron chi connectivity index (χ1n) is 4.50. The molecule has 0 fully saturated rings. The molecule has 0 spiro atoms. The quantitative estimate of drug-likeness (QED) is 0.283. The summed E-state index contributed by atoms with van der Waals surface area (Å²) >= 11 is 0. The fourth-order valence-corrected chi connectivity index (χ4v) is 1.00. The van der Waals surface area contributed by atoms with Gasteiger partial charge in [0, 0.05) is 26.6 Å². The molecule has 0 radical (unpaired) electrons. The van der Waals surface area contributed by atoms with E-state index in [0.717, 1.165) is 12.2 Å². The second-order valence-electron chi connectivity index (χ2n) is 3.35. The van der Waals surface area contributed by atoms with Crippen LogP contribution in [-0.2, 0) is 4.79 Å². The second-order valence-corrected chi connectivity index (χ2v) is 3.35. The van der Waals surface area contributed by atoms with Crippen LogP contribution in [0.1, 0.15) is 20.8 Å². The van der Waals surface area contributed by atoms with E-state index in [1.807, 2.05) is 34.9 Å². The van der Waals surface area contributed by atoms with Crippen LogP contribution in [0, 0.1) is 5.92 Å². The molecular weight excluding hydrogens is 166 g/mol. The number of hydrazone groups is 1. The van der Waals surface area contributed by atoms with Gasteiger partial charge in [-0.1, -0.05) is 13.8 Å². The minimum absolute atomic E-state index is 0.257. The Morgan fingerprint density at radius 2 is 2.00 bits per heavy atom. The minimum Gasteiger partial charge on any atom is -0.302 e. The van der Waals surface area contributed by atoms with Gasteiger partial charge in [-0.05, 0) is 6.92 Å². The number of carbonyl (C=O) groups is 1. The SMILES string of the molecule is CCN(C=O)/C(=N\N(C)C)C(C)C. The number of carbonyl (C=O) groups excluding carboxylic acids is 1. The molecule has 0 rings (SSSR count). The Balaban J connectivity index is 4.67. The molecule has 0 N–H and O–H groups in total. The van der Waals surface area contributed by atoms with Crippen LogP contribution in [0.15, 0.2) is 5.10 Å². The van der Waals surface area contributed by atoms with Crippen LogP contribution in [0.5, 0.6) is 0 Å². The lowest BCUT2D eigenvalue weighted by molar-refractivity contribution is -0.114. The number of amidine groups is 1. The Hall–Kier alpha value is -1.06. The summed E-state index contributed by atoms with van der Waals surface area (Å²) < 4.78 is 0. The molecule has 0 aromatic rings. The molecule has 1 amide bonds. The Kier molecular flexibility index (Phi) is 5.11. The van der Waals surface area contributed by atoms with E-state index in [4.69, 9.17) is 0 Å². The monoisotopic (exact) mass is 185 g/mol. The van der Waals surface area contributed by atoms with Crippen molar-refractivity contribution in [3.63, 3.8) is 0 Å². The first-order valence-corrected chi connectivity index (χ1v) is 4.50. The normalized spacial score (nSPS) is 11.7. The van der Waals surface area contributed by atoms with Crippen molar-refractivity contribution >= 4 is 12.2 Å². The van der Waals surface area contributed by atoms with Crippen LogP contribution >= 0.6 is 0 Å². The molecule has 13 heavy (non-hydrogen) atoms. The van der Waals surface area contributed by atoms with Crippen LogP contribution in [0.3, 0.4) is 0 Å². The smallest absolute Gasteiger partial charge is 0.215 e. The number of nitrogens with zero attached hydrogens (tertiary/aromatic N) is 3. The lowest BCUT2D eigenvalue weighted by Gasteiger charge is -2.22. The fourth-order valence-electron chi connectivity index (χ4n) is 1.00. The van der Waals surface area contributed by atoms with Gasteiger partial charge in [-0.3, -0.25) is 4.79 Å². The van der Waals surface area contributed by atoms with Crippen molar-refractivity contribution in [2.75, 3.05) is 20.6 Å². The zero-order valence-electron chi connectivity index (χ0n) is 9.11. The molecule has 0 aliphatic heterocycles. The van der Waals surface area contributed by atoms with Crippen molar-refractivity contribution in [2.24, 2.45) is 11.0 Å². The first kappa shape index (κ1) is 11.9. The maximum absolute atomic E-state index is 10.7. The van der Waals surface area contributed by atoms with Gasteiger partial charge in [-0.2, -0.15) is 5.10 Å². The van der Waals surface area contributed by atoms with Crippen molar-refractivity contribution < 1.29 is 4.79 Å². The number of hydrogen-bond donors (Lipinski definition) is 0. The number of amides is 1. The van der Waals surface area contributed by atoms with Crippen LogP contribution in [0.2, 0.25) is 0 Å². The van der Waals surface area contributed by atoms with Gasteiger partial charge in [0.05, 0.1) is 0 Å². The Morgan fingerprint density at radius 1 is 1.46 bits per heavy atom. The molecule has 0 aromatic heterocycles. The average Bonchev–Trinajstić information content (AvgIpc) is 2.04. The van der Waals surface area contributed by atoms with Gasteiger partial charge < -0.3 is 9.91 Å². The maximum Gasteiger partial charge on any atom is 0.215 e. The highest BCUT2D eigenvalue weighted by atomic mass is 16.1. The van der Waals surface area contributed by atoms with E-state index in [-0.39, 0.29) is 5.92 Å². The van der Waals surface area contributed by atoms with Gasteiger partial charge in [0.1, 0.15) is 5.84 Å². The van der Waals surface area contributed by atoms with Crippen LogP contribution in [0.4, 0.5) is 0 Å². The Bertz CT molecular complexity index is 187. The average molecular weight is 185 g/mol. The summed E-state index contributed by atoms with van der Waals surface area (Å²) in [5.74, 6) is 1.06. The molecule has 0 atom stereocenters. The summed E-state index contributed by atoms with van der Waals surface area (Å²) in [4.78, 5) is 12.3. The standard InChI is InChI=1S/C9H19N3O/c1-6-12(7-13)9(8(2)3)10-11(4)5/h7-8H,6H2,1-5H3/b10-9-. The Labute approximate surface area is 80.2 Å². The van der Waals surface area contributed by atoms with Crippen molar-refractivity contribution in [1.29, 1.82) is 0 Å². The summed E-state index contributed by atoms with van der Waals surface area (Å²) in [6.45, 7) is 6.64. The maximum atomic E-state index is 10.7. The predicted molar refractivity (Wildman–Crippen MR) is 54.4 cm³/mol. The number of rotatable bonds is 4. The fraction of sp³-hybridized carbons (Fsp3) is 0.778. The molecule has 0 unspecified atom stereocenters. The van der Waals surface area contributed by atoms with E-state index in [0.29, 0.717) is 6.54 Å². The third-order valence-electron chi connectivity index (χ3n) is 1.58. The van der Waals surface area contributed by atoms with Crippen molar-refractivity contribution in [2.45, 2.75) is 20.8 Å². The topological polar surface area (TPSA) is 35.9 Å². The van der Waals surface area contributed by atoms with Gasteiger partial charge in [-0.25, -0.2) is 0 Å². The predicted octanol–water partition coefficient (Wildman–Crippen LogP) is 0.996. The van der Waals surface area contributed by atoms with Gasteiger partial charge in [0.2, 0.25) is 6.41 Å². The highest BCUT2D eigenvalue weighted by Crippen LogP contribution is 2.02. The van der Waals surface area contributed by atoms with Gasteiger partial charge in [-0.15, -0.1) is 0 Å². The third-order valence-corrected chi connectivity index (χ3v) is 1.58. The van der Waals surface area contributed by atoms with Crippen LogP contribution in [0.25, 0.3) is 0 Å². The highest BCUT2D eigenvalue weighted by molar-refractivity contribution is 5.91. The van der Waals surface area contributed by atoms with Gasteiger partial charge >= 0.3 is 0 Å². The minimum atomic E-state index is 0.257. The van der Waals surface area contributed by atoms with Crippen molar-refractivity contribution in [3.8, 4) is 0 Å². The molecule has 0 saturated carbocycles. The molecule has 0 heterocycles. The van der Waals surface area contributed by atoms with Gasteiger partial charge in [0.15, 0.2) is 0 Å². The zero-order chi connectivity index (χ0) is 10.4. The largest absolute Gasteiger partial charge is 0.302 e. The molecular formula is C9H19N3O. The molecule has 4 heteroatoms. The molecule has 4 nitrogen and oxygen atoms in total. The summed E-state index contributed by atoms with van der Waals surface area (Å²) in [6, 6.07) is 0.